The molecule has 2 aromatic carbocycles. The van der Waals surface area contributed by atoms with E-state index < -0.39 is 0 Å². The summed E-state index contributed by atoms with van der Waals surface area (Å²) in [6.45, 7) is 1.000. The minimum absolute atomic E-state index is 0.830. The number of nitrogens with two attached hydrogens (primary N) is 1. The molecule has 0 unspecified atom stereocenters. The molecule has 106 valence electrons. The van der Waals surface area contributed by atoms with Crippen LogP contribution in [-0.4, -0.2) is 6.54 Å². The first-order valence-electron chi connectivity index (χ1n) is 7.48. The number of anilines is 2. The fraction of sp³-hybridized carbons (Fsp3) is 0.333. The van der Waals surface area contributed by atoms with E-state index in [0.717, 1.165) is 17.9 Å². The standard InChI is InChI=1S/C18H24N2/c19-17-13-7-8-14-18(17)20-15-9-2-1-4-10-16-11-5-3-6-12-16/h3,5-8,11-14,20H,1-2,4,9-10,15,19H2. The van der Waals surface area contributed by atoms with Gasteiger partial charge in [-0.2, -0.15) is 0 Å². The molecular weight excluding hydrogens is 244 g/mol. The number of nitrogens with one attached hydrogen (secondary N) is 1. The maximum atomic E-state index is 5.88. The quantitative estimate of drug-likeness (QED) is 0.547. The van der Waals surface area contributed by atoms with Gasteiger partial charge in [0, 0.05) is 6.54 Å². The molecule has 0 spiro atoms. The van der Waals surface area contributed by atoms with Crippen LogP contribution in [-0.2, 0) is 6.42 Å². The number of nitrogen functional groups attached to an aromatic ring is 1. The van der Waals surface area contributed by atoms with E-state index in [1.54, 1.807) is 0 Å². The number of hydrogen-bond donors (Lipinski definition) is 2. The first-order chi connectivity index (χ1) is 9.86. The van der Waals surface area contributed by atoms with E-state index in [2.05, 4.69) is 35.6 Å². The Morgan fingerprint density at radius 1 is 0.750 bits per heavy atom. The molecule has 0 saturated carbocycles. The average Bonchev–Trinajstić information content (AvgIpc) is 2.49. The Kier molecular flexibility index (Phi) is 5.97. The van der Waals surface area contributed by atoms with Crippen molar-refractivity contribution in [1.29, 1.82) is 0 Å². The van der Waals surface area contributed by atoms with Gasteiger partial charge in [0.1, 0.15) is 0 Å². The van der Waals surface area contributed by atoms with Gasteiger partial charge < -0.3 is 11.1 Å². The van der Waals surface area contributed by atoms with Crippen molar-refractivity contribution < 1.29 is 0 Å². The van der Waals surface area contributed by atoms with Crippen LogP contribution in [0.5, 0.6) is 0 Å². The van der Waals surface area contributed by atoms with Crippen LogP contribution in [0.1, 0.15) is 31.2 Å². The third-order valence-corrected chi connectivity index (χ3v) is 3.51. The van der Waals surface area contributed by atoms with Gasteiger partial charge in [-0.05, 0) is 37.0 Å². The maximum Gasteiger partial charge on any atom is 0.0573 e. The molecule has 0 heterocycles. The first kappa shape index (κ1) is 14.4. The Labute approximate surface area is 122 Å². The smallest absolute Gasteiger partial charge is 0.0573 e. The van der Waals surface area contributed by atoms with Crippen LogP contribution < -0.4 is 11.1 Å². The molecule has 2 rings (SSSR count). The molecule has 0 aromatic heterocycles. The largest absolute Gasteiger partial charge is 0.397 e. The molecule has 0 radical (unpaired) electrons. The second-order valence-electron chi connectivity index (χ2n) is 5.16. The minimum atomic E-state index is 0.830. The van der Waals surface area contributed by atoms with E-state index in [0.29, 0.717) is 0 Å². The molecule has 0 aliphatic heterocycles. The summed E-state index contributed by atoms with van der Waals surface area (Å²) in [6, 6.07) is 18.7. The molecule has 2 aromatic rings. The van der Waals surface area contributed by atoms with Crippen LogP contribution in [0.2, 0.25) is 0 Å². The van der Waals surface area contributed by atoms with Gasteiger partial charge in [0.15, 0.2) is 0 Å². The van der Waals surface area contributed by atoms with E-state index >= 15 is 0 Å². The zero-order valence-electron chi connectivity index (χ0n) is 12.0. The summed E-state index contributed by atoms with van der Waals surface area (Å²) in [6.07, 6.45) is 6.23. The number of aryl methyl sites for hydroxylation is 1. The van der Waals surface area contributed by atoms with Gasteiger partial charge in [-0.3, -0.25) is 0 Å². The van der Waals surface area contributed by atoms with Crippen LogP contribution in [0.25, 0.3) is 0 Å². The number of hydrogen-bond acceptors (Lipinski definition) is 2. The number of benzene rings is 2. The van der Waals surface area contributed by atoms with Crippen molar-refractivity contribution in [2.45, 2.75) is 32.1 Å². The third-order valence-electron chi connectivity index (χ3n) is 3.51. The summed E-state index contributed by atoms with van der Waals surface area (Å²) in [7, 11) is 0. The SMILES string of the molecule is Nc1ccccc1NCCCCCCc1ccccc1. The topological polar surface area (TPSA) is 38.0 Å². The average molecular weight is 268 g/mol. The number of rotatable bonds is 8. The Morgan fingerprint density at radius 2 is 1.45 bits per heavy atom. The molecular formula is C18H24N2. The lowest BCUT2D eigenvalue weighted by atomic mass is 10.1. The zero-order chi connectivity index (χ0) is 14.0. The van der Waals surface area contributed by atoms with Crippen molar-refractivity contribution >= 4 is 11.4 Å². The van der Waals surface area contributed by atoms with Crippen LogP contribution in [0, 0.1) is 0 Å². The van der Waals surface area contributed by atoms with Crippen LogP contribution in [0.15, 0.2) is 54.6 Å². The van der Waals surface area contributed by atoms with Crippen LogP contribution >= 0.6 is 0 Å². The second kappa shape index (κ2) is 8.26. The predicted octanol–water partition coefficient (Wildman–Crippen LogP) is 4.48. The van der Waals surface area contributed by atoms with Crippen molar-refractivity contribution in [3.8, 4) is 0 Å². The summed E-state index contributed by atoms with van der Waals surface area (Å²) < 4.78 is 0. The Balaban J connectivity index is 1.53. The van der Waals surface area contributed by atoms with Gasteiger partial charge in [-0.1, -0.05) is 55.3 Å². The van der Waals surface area contributed by atoms with E-state index in [1.165, 1.54) is 37.7 Å². The fourth-order valence-corrected chi connectivity index (χ4v) is 2.33. The lowest BCUT2D eigenvalue weighted by Gasteiger charge is -2.08. The molecule has 0 atom stereocenters. The van der Waals surface area contributed by atoms with Crippen molar-refractivity contribution in [1.82, 2.24) is 0 Å². The highest BCUT2D eigenvalue weighted by Gasteiger charge is 1.96. The molecule has 0 amide bonds. The normalized spacial score (nSPS) is 10.4. The molecule has 2 nitrogen and oxygen atoms in total. The summed E-state index contributed by atoms with van der Waals surface area (Å²) in [4.78, 5) is 0. The van der Waals surface area contributed by atoms with Gasteiger partial charge in [-0.15, -0.1) is 0 Å². The van der Waals surface area contributed by atoms with Gasteiger partial charge in [0.25, 0.3) is 0 Å². The molecule has 2 heteroatoms. The zero-order valence-corrected chi connectivity index (χ0v) is 12.0. The molecule has 0 bridgehead atoms. The summed E-state index contributed by atoms with van der Waals surface area (Å²) in [5.74, 6) is 0. The number of para-hydroxylation sites is 2. The molecule has 0 saturated heterocycles. The van der Waals surface area contributed by atoms with Crippen LogP contribution in [0.4, 0.5) is 11.4 Å². The van der Waals surface area contributed by atoms with Crippen LogP contribution in [0.3, 0.4) is 0 Å². The molecule has 20 heavy (non-hydrogen) atoms. The summed E-state index contributed by atoms with van der Waals surface area (Å²) in [5, 5.41) is 3.40. The van der Waals surface area contributed by atoms with Crippen molar-refractivity contribution in [3.05, 3.63) is 60.2 Å². The predicted molar refractivity (Wildman–Crippen MR) is 88.0 cm³/mol. The highest BCUT2D eigenvalue weighted by Crippen LogP contribution is 2.16. The Hall–Kier alpha value is -1.96. The maximum absolute atomic E-state index is 5.88. The van der Waals surface area contributed by atoms with Gasteiger partial charge in [0.05, 0.1) is 11.4 Å². The summed E-state index contributed by atoms with van der Waals surface area (Å²) >= 11 is 0. The van der Waals surface area contributed by atoms with Gasteiger partial charge in [-0.25, -0.2) is 0 Å². The van der Waals surface area contributed by atoms with Crippen molar-refractivity contribution in [3.63, 3.8) is 0 Å². The first-order valence-corrected chi connectivity index (χ1v) is 7.48. The monoisotopic (exact) mass is 268 g/mol. The lowest BCUT2D eigenvalue weighted by molar-refractivity contribution is 0.654. The van der Waals surface area contributed by atoms with E-state index in [4.69, 9.17) is 5.73 Å². The lowest BCUT2D eigenvalue weighted by Crippen LogP contribution is -2.03. The van der Waals surface area contributed by atoms with Crippen molar-refractivity contribution in [2.75, 3.05) is 17.6 Å². The molecule has 3 N–H and O–H groups in total. The highest BCUT2D eigenvalue weighted by atomic mass is 14.9. The van der Waals surface area contributed by atoms with E-state index in [-0.39, 0.29) is 0 Å². The number of unbranched alkanes of at least 4 members (excludes halogenated alkanes) is 3. The third kappa shape index (κ3) is 4.96. The fourth-order valence-electron chi connectivity index (χ4n) is 2.33. The van der Waals surface area contributed by atoms with Crippen molar-refractivity contribution in [2.24, 2.45) is 0 Å². The second-order valence-corrected chi connectivity index (χ2v) is 5.16. The van der Waals surface area contributed by atoms with Gasteiger partial charge in [0.2, 0.25) is 0 Å². The minimum Gasteiger partial charge on any atom is -0.397 e. The van der Waals surface area contributed by atoms with E-state index in [9.17, 15) is 0 Å². The summed E-state index contributed by atoms with van der Waals surface area (Å²) in [5.41, 5.74) is 9.21. The van der Waals surface area contributed by atoms with E-state index in [1.807, 2.05) is 24.3 Å². The molecule has 0 fully saturated rings. The Morgan fingerprint density at radius 3 is 2.25 bits per heavy atom. The molecule has 0 aliphatic rings. The highest BCUT2D eigenvalue weighted by molar-refractivity contribution is 5.65. The Bertz CT molecular complexity index is 494. The van der Waals surface area contributed by atoms with Gasteiger partial charge >= 0.3 is 0 Å². The molecule has 0 aliphatic carbocycles.